The number of rotatable bonds is 1. The summed E-state index contributed by atoms with van der Waals surface area (Å²) in [6, 6.07) is 8.49. The molecule has 0 saturated carbocycles. The van der Waals surface area contributed by atoms with Gasteiger partial charge in [-0.2, -0.15) is 0 Å². The molecule has 0 spiro atoms. The van der Waals surface area contributed by atoms with Gasteiger partial charge in [-0.25, -0.2) is 0 Å². The Kier molecular flexibility index (Phi) is 1.97. The number of nitrogens with zero attached hydrogens (tertiary/aromatic N) is 1. The molecule has 0 fully saturated rings. The van der Waals surface area contributed by atoms with Crippen LogP contribution in [0.5, 0.6) is 0 Å². The van der Waals surface area contributed by atoms with E-state index >= 15 is 0 Å². The Labute approximate surface area is 78.9 Å². The second-order valence-corrected chi connectivity index (χ2v) is 3.33. The van der Waals surface area contributed by atoms with E-state index < -0.39 is 0 Å². The molecule has 2 heteroatoms. The fraction of sp³-hybridized carbons (Fsp3) is 0.273. The van der Waals surface area contributed by atoms with Crippen LogP contribution in [0.15, 0.2) is 30.5 Å². The molecule has 1 aliphatic heterocycles. The van der Waals surface area contributed by atoms with Gasteiger partial charge in [-0.15, -0.1) is 0 Å². The molecule has 0 bridgehead atoms. The van der Waals surface area contributed by atoms with Crippen LogP contribution < -0.4 is 10.2 Å². The number of hydrogen-bond donors (Lipinski definition) is 1. The van der Waals surface area contributed by atoms with Crippen LogP contribution in [-0.2, 0) is 0 Å². The van der Waals surface area contributed by atoms with Gasteiger partial charge in [0.05, 0.1) is 0 Å². The van der Waals surface area contributed by atoms with E-state index in [0.717, 1.165) is 6.54 Å². The van der Waals surface area contributed by atoms with Crippen LogP contribution in [0.1, 0.15) is 5.56 Å². The number of nitrogens with one attached hydrogen (secondary N) is 1. The normalized spacial score (nSPS) is 17.7. The van der Waals surface area contributed by atoms with Crippen molar-refractivity contribution in [3.63, 3.8) is 0 Å². The predicted octanol–water partition coefficient (Wildman–Crippen LogP) is 1.70. The van der Waals surface area contributed by atoms with Gasteiger partial charge in [0, 0.05) is 38.1 Å². The van der Waals surface area contributed by atoms with Gasteiger partial charge >= 0.3 is 0 Å². The molecule has 0 amide bonds. The molecule has 0 aliphatic carbocycles. The largest absolute Gasteiger partial charge is 0.394 e. The summed E-state index contributed by atoms with van der Waals surface area (Å²) in [7, 11) is 4.06. The highest BCUT2D eigenvalue weighted by atomic mass is 15.1. The molecule has 13 heavy (non-hydrogen) atoms. The van der Waals surface area contributed by atoms with Gasteiger partial charge in [-0.05, 0) is 11.6 Å². The lowest BCUT2D eigenvalue weighted by molar-refractivity contribution is 1.06. The van der Waals surface area contributed by atoms with Crippen molar-refractivity contribution in [1.29, 1.82) is 0 Å². The fourth-order valence-corrected chi connectivity index (χ4v) is 1.80. The molecule has 1 N–H and O–H groups in total. The number of anilines is 1. The first-order chi connectivity index (χ1) is 6.33. The van der Waals surface area contributed by atoms with Crippen molar-refractivity contribution in [2.24, 2.45) is 0 Å². The zero-order valence-electron chi connectivity index (χ0n) is 8.04. The van der Waals surface area contributed by atoms with E-state index in [0.29, 0.717) is 0 Å². The molecule has 1 aromatic rings. The smallest absolute Gasteiger partial charge is 0.0447 e. The molecule has 0 aromatic heterocycles. The van der Waals surface area contributed by atoms with Crippen LogP contribution in [0.25, 0.3) is 5.57 Å². The standard InChI is InChI=1S/C11H14N2/c1-12-7-9-8-13(2)11-6-4-3-5-10(9)11/h3-7,12H,8H2,1-2H3. The van der Waals surface area contributed by atoms with E-state index in [1.807, 2.05) is 7.05 Å². The van der Waals surface area contributed by atoms with Crippen LogP contribution in [-0.4, -0.2) is 20.6 Å². The lowest BCUT2D eigenvalue weighted by Gasteiger charge is -2.09. The van der Waals surface area contributed by atoms with Gasteiger partial charge in [0.15, 0.2) is 0 Å². The number of hydrogen-bond acceptors (Lipinski definition) is 2. The summed E-state index contributed by atoms with van der Waals surface area (Å²) in [6.45, 7) is 1.00. The van der Waals surface area contributed by atoms with E-state index in [1.54, 1.807) is 0 Å². The first-order valence-corrected chi connectivity index (χ1v) is 4.50. The van der Waals surface area contributed by atoms with Crippen LogP contribution >= 0.6 is 0 Å². The van der Waals surface area contributed by atoms with Gasteiger partial charge in [0.1, 0.15) is 0 Å². The minimum absolute atomic E-state index is 1.00. The van der Waals surface area contributed by atoms with Crippen molar-refractivity contribution >= 4 is 11.3 Å². The Hall–Kier alpha value is -1.44. The molecular formula is C11H14N2. The van der Waals surface area contributed by atoms with Crippen molar-refractivity contribution in [3.05, 3.63) is 36.0 Å². The average Bonchev–Trinajstić information content (AvgIpc) is 2.46. The molecule has 1 aromatic carbocycles. The average molecular weight is 174 g/mol. The minimum Gasteiger partial charge on any atom is -0.394 e. The SMILES string of the molecule is CNC=C1CN(C)c2ccccc21. The molecule has 2 nitrogen and oxygen atoms in total. The monoisotopic (exact) mass is 174 g/mol. The molecule has 0 unspecified atom stereocenters. The summed E-state index contributed by atoms with van der Waals surface area (Å²) >= 11 is 0. The van der Waals surface area contributed by atoms with Gasteiger partial charge in [-0.3, -0.25) is 0 Å². The highest BCUT2D eigenvalue weighted by molar-refractivity contribution is 5.84. The maximum absolute atomic E-state index is 3.08. The number of para-hydroxylation sites is 1. The van der Waals surface area contributed by atoms with Crippen molar-refractivity contribution in [1.82, 2.24) is 5.32 Å². The third-order valence-corrected chi connectivity index (χ3v) is 2.39. The molecular weight excluding hydrogens is 160 g/mol. The molecule has 0 radical (unpaired) electrons. The summed E-state index contributed by atoms with van der Waals surface area (Å²) in [5.41, 5.74) is 4.03. The molecule has 68 valence electrons. The molecule has 0 atom stereocenters. The zero-order valence-corrected chi connectivity index (χ0v) is 8.04. The number of benzene rings is 1. The Bertz CT molecular complexity index is 342. The van der Waals surface area contributed by atoms with E-state index in [-0.39, 0.29) is 0 Å². The molecule has 1 aliphatic rings. The summed E-state index contributed by atoms with van der Waals surface area (Å²) in [4.78, 5) is 2.26. The third kappa shape index (κ3) is 1.28. The molecule has 0 saturated heterocycles. The van der Waals surface area contributed by atoms with Gasteiger partial charge in [-0.1, -0.05) is 18.2 Å². The quantitative estimate of drug-likeness (QED) is 0.697. The Balaban J connectivity index is 2.47. The van der Waals surface area contributed by atoms with Crippen LogP contribution in [0, 0.1) is 0 Å². The van der Waals surface area contributed by atoms with E-state index in [9.17, 15) is 0 Å². The van der Waals surface area contributed by atoms with Crippen molar-refractivity contribution in [2.45, 2.75) is 0 Å². The summed E-state index contributed by atoms with van der Waals surface area (Å²) < 4.78 is 0. The second-order valence-electron chi connectivity index (χ2n) is 3.33. The maximum atomic E-state index is 3.08. The van der Waals surface area contributed by atoms with E-state index in [2.05, 4.69) is 47.7 Å². The van der Waals surface area contributed by atoms with E-state index in [4.69, 9.17) is 0 Å². The number of likely N-dealkylation sites (N-methyl/N-ethyl adjacent to an activating group) is 1. The predicted molar refractivity (Wildman–Crippen MR) is 56.7 cm³/mol. The van der Waals surface area contributed by atoms with Gasteiger partial charge < -0.3 is 10.2 Å². The van der Waals surface area contributed by atoms with Crippen molar-refractivity contribution in [2.75, 3.05) is 25.5 Å². The van der Waals surface area contributed by atoms with Crippen LogP contribution in [0.2, 0.25) is 0 Å². The fourth-order valence-electron chi connectivity index (χ4n) is 1.80. The van der Waals surface area contributed by atoms with Crippen LogP contribution in [0.4, 0.5) is 5.69 Å². The minimum atomic E-state index is 1.00. The van der Waals surface area contributed by atoms with Crippen LogP contribution in [0.3, 0.4) is 0 Å². The Morgan fingerprint density at radius 1 is 1.38 bits per heavy atom. The second kappa shape index (κ2) is 3.13. The number of fused-ring (bicyclic) bond motifs is 1. The summed E-state index contributed by atoms with van der Waals surface area (Å²) in [5, 5.41) is 3.08. The summed E-state index contributed by atoms with van der Waals surface area (Å²) in [6.07, 6.45) is 2.07. The zero-order chi connectivity index (χ0) is 9.26. The van der Waals surface area contributed by atoms with Crippen molar-refractivity contribution < 1.29 is 0 Å². The maximum Gasteiger partial charge on any atom is 0.0447 e. The lowest BCUT2D eigenvalue weighted by Crippen LogP contribution is -2.12. The summed E-state index contributed by atoms with van der Waals surface area (Å²) in [5.74, 6) is 0. The molecule has 2 rings (SSSR count). The third-order valence-electron chi connectivity index (χ3n) is 2.39. The highest BCUT2D eigenvalue weighted by Gasteiger charge is 2.18. The first-order valence-electron chi connectivity index (χ1n) is 4.50. The lowest BCUT2D eigenvalue weighted by atomic mass is 10.1. The highest BCUT2D eigenvalue weighted by Crippen LogP contribution is 2.33. The van der Waals surface area contributed by atoms with Gasteiger partial charge in [0.2, 0.25) is 0 Å². The molecule has 1 heterocycles. The topological polar surface area (TPSA) is 15.3 Å². The first kappa shape index (κ1) is 8.17. The van der Waals surface area contributed by atoms with Crippen molar-refractivity contribution in [3.8, 4) is 0 Å². The Morgan fingerprint density at radius 2 is 2.15 bits per heavy atom. The van der Waals surface area contributed by atoms with E-state index in [1.165, 1.54) is 16.8 Å². The Morgan fingerprint density at radius 3 is 2.92 bits per heavy atom. The van der Waals surface area contributed by atoms with Gasteiger partial charge in [0.25, 0.3) is 0 Å².